The number of carbonyl (C=O) groups is 3. The Labute approximate surface area is 214 Å². The number of benzene rings is 3. The summed E-state index contributed by atoms with van der Waals surface area (Å²) in [6.07, 6.45) is 1.99. The van der Waals surface area contributed by atoms with Gasteiger partial charge in [0.05, 0.1) is 6.21 Å². The Kier molecular flexibility index (Phi) is 9.19. The van der Waals surface area contributed by atoms with Crippen molar-refractivity contribution < 1.29 is 19.1 Å². The summed E-state index contributed by atoms with van der Waals surface area (Å²) in [4.78, 5) is 36.7. The van der Waals surface area contributed by atoms with E-state index in [9.17, 15) is 14.4 Å². The van der Waals surface area contributed by atoms with Gasteiger partial charge in [0.15, 0.2) is 6.61 Å². The number of para-hydroxylation sites is 1. The number of nitrogens with one attached hydrogen (secondary N) is 3. The third-order valence-electron chi connectivity index (χ3n) is 5.34. The maximum atomic E-state index is 12.3. The van der Waals surface area contributed by atoms with Gasteiger partial charge in [-0.25, -0.2) is 5.43 Å². The van der Waals surface area contributed by atoms with Gasteiger partial charge in [-0.3, -0.25) is 14.4 Å². The summed E-state index contributed by atoms with van der Waals surface area (Å²) in [5.74, 6) is -1.80. The lowest BCUT2D eigenvalue weighted by molar-refractivity contribution is -0.136. The third-order valence-corrected chi connectivity index (χ3v) is 5.58. The van der Waals surface area contributed by atoms with Gasteiger partial charge in [-0.2, -0.15) is 5.10 Å². The number of hydrazone groups is 1. The molecule has 0 atom stereocenters. The highest BCUT2D eigenvalue weighted by Crippen LogP contribution is 2.22. The molecule has 0 heterocycles. The van der Waals surface area contributed by atoms with Crippen LogP contribution >= 0.6 is 11.6 Å². The number of rotatable bonds is 8. The molecule has 0 saturated carbocycles. The van der Waals surface area contributed by atoms with E-state index in [0.29, 0.717) is 34.1 Å². The van der Waals surface area contributed by atoms with E-state index in [4.69, 9.17) is 16.3 Å². The van der Waals surface area contributed by atoms with Gasteiger partial charge in [0.1, 0.15) is 5.75 Å². The molecule has 0 unspecified atom stereocenters. The van der Waals surface area contributed by atoms with Gasteiger partial charge in [0.25, 0.3) is 5.91 Å². The fourth-order valence-electron chi connectivity index (χ4n) is 3.25. The molecule has 0 spiro atoms. The molecule has 0 fully saturated rings. The Hall–Kier alpha value is -4.17. The van der Waals surface area contributed by atoms with Crippen molar-refractivity contribution in [1.29, 1.82) is 0 Å². The monoisotopic (exact) mass is 506 g/mol. The van der Waals surface area contributed by atoms with Crippen LogP contribution in [-0.4, -0.2) is 30.5 Å². The maximum absolute atomic E-state index is 12.3. The highest BCUT2D eigenvalue weighted by molar-refractivity contribution is 6.39. The van der Waals surface area contributed by atoms with Crippen LogP contribution in [0.1, 0.15) is 29.2 Å². The molecular weight excluding hydrogens is 480 g/mol. The lowest BCUT2D eigenvalue weighted by Gasteiger charge is -2.11. The van der Waals surface area contributed by atoms with Gasteiger partial charge in [0.2, 0.25) is 0 Å². The van der Waals surface area contributed by atoms with Crippen molar-refractivity contribution in [2.45, 2.75) is 27.2 Å². The first kappa shape index (κ1) is 26.4. The fraction of sp³-hybridized carbons (Fsp3) is 0.185. The number of nitrogens with zero attached hydrogens (tertiary/aromatic N) is 1. The molecule has 8 nitrogen and oxygen atoms in total. The van der Waals surface area contributed by atoms with Gasteiger partial charge < -0.3 is 15.4 Å². The number of halogens is 1. The van der Waals surface area contributed by atoms with Crippen molar-refractivity contribution in [3.8, 4) is 5.75 Å². The van der Waals surface area contributed by atoms with E-state index >= 15 is 0 Å². The Balaban J connectivity index is 1.59. The van der Waals surface area contributed by atoms with Crippen molar-refractivity contribution in [3.63, 3.8) is 0 Å². The largest absolute Gasteiger partial charge is 0.483 e. The molecule has 3 aromatic rings. The predicted octanol–water partition coefficient (Wildman–Crippen LogP) is 4.63. The second-order valence-electron chi connectivity index (χ2n) is 7.98. The van der Waals surface area contributed by atoms with Crippen LogP contribution in [0.15, 0.2) is 65.8 Å². The van der Waals surface area contributed by atoms with Gasteiger partial charge in [-0.1, -0.05) is 42.8 Å². The first-order valence-corrected chi connectivity index (χ1v) is 11.7. The Morgan fingerprint density at radius 1 is 0.944 bits per heavy atom. The molecule has 9 heteroatoms. The average molecular weight is 507 g/mol. The van der Waals surface area contributed by atoms with Crippen LogP contribution in [0.25, 0.3) is 0 Å². The van der Waals surface area contributed by atoms with E-state index in [-0.39, 0.29) is 12.5 Å². The zero-order valence-corrected chi connectivity index (χ0v) is 21.0. The molecule has 0 aromatic heterocycles. The van der Waals surface area contributed by atoms with Gasteiger partial charge in [-0.05, 0) is 73.4 Å². The Morgan fingerprint density at radius 2 is 1.72 bits per heavy atom. The molecule has 3 rings (SSSR count). The molecule has 36 heavy (non-hydrogen) atoms. The second-order valence-corrected chi connectivity index (χ2v) is 8.42. The summed E-state index contributed by atoms with van der Waals surface area (Å²) < 4.78 is 5.64. The van der Waals surface area contributed by atoms with Crippen LogP contribution in [0.4, 0.5) is 11.4 Å². The zero-order chi connectivity index (χ0) is 26.1. The third kappa shape index (κ3) is 7.41. The number of hydrogen-bond acceptors (Lipinski definition) is 5. The van der Waals surface area contributed by atoms with E-state index in [1.54, 1.807) is 30.3 Å². The van der Waals surface area contributed by atoms with Crippen LogP contribution in [0.3, 0.4) is 0 Å². The van der Waals surface area contributed by atoms with E-state index in [1.807, 2.05) is 51.1 Å². The average Bonchev–Trinajstić information content (AvgIpc) is 2.86. The highest BCUT2D eigenvalue weighted by Gasteiger charge is 2.14. The predicted molar refractivity (Wildman–Crippen MR) is 142 cm³/mol. The molecule has 0 saturated heterocycles. The number of hydrogen-bond donors (Lipinski definition) is 3. The number of anilines is 2. The van der Waals surface area contributed by atoms with E-state index in [2.05, 4.69) is 21.2 Å². The molecule has 0 aliphatic carbocycles. The molecule has 3 aromatic carbocycles. The Bertz CT molecular complexity index is 1310. The van der Waals surface area contributed by atoms with E-state index in [0.717, 1.165) is 16.7 Å². The minimum absolute atomic E-state index is 0.249. The summed E-state index contributed by atoms with van der Waals surface area (Å²) >= 11 is 6.08. The molecule has 0 bridgehead atoms. The molecule has 0 aliphatic heterocycles. The number of carbonyl (C=O) groups excluding carboxylic acids is 3. The van der Waals surface area contributed by atoms with Crippen molar-refractivity contribution in [1.82, 2.24) is 5.43 Å². The van der Waals surface area contributed by atoms with Crippen LogP contribution in [0.2, 0.25) is 5.02 Å². The number of amides is 3. The molecule has 3 amide bonds. The van der Waals surface area contributed by atoms with Crippen LogP contribution in [0.5, 0.6) is 5.75 Å². The topological polar surface area (TPSA) is 109 Å². The lowest BCUT2D eigenvalue weighted by atomic mass is 10.1. The summed E-state index contributed by atoms with van der Waals surface area (Å²) in [5.41, 5.74) is 6.94. The fourth-order valence-corrected chi connectivity index (χ4v) is 3.43. The van der Waals surface area contributed by atoms with E-state index < -0.39 is 11.8 Å². The minimum atomic E-state index is -0.936. The SMILES string of the molecule is CCc1ccccc1NC(=O)C(=O)N/N=C\c1cc(Cl)ccc1OCC(=O)Nc1ccc(C)c(C)c1. The highest BCUT2D eigenvalue weighted by atomic mass is 35.5. The quantitative estimate of drug-likeness (QED) is 0.235. The van der Waals surface area contributed by atoms with Crippen molar-refractivity contribution >= 4 is 46.9 Å². The molecular formula is C27H27ClN4O4. The number of aryl methyl sites for hydroxylation is 3. The van der Waals surface area contributed by atoms with Crippen LogP contribution in [0, 0.1) is 13.8 Å². The summed E-state index contributed by atoms with van der Waals surface area (Å²) in [6, 6.07) is 17.6. The van der Waals surface area contributed by atoms with E-state index in [1.165, 1.54) is 6.21 Å². The molecule has 0 aliphatic rings. The standard InChI is InChI=1S/C27H27ClN4O4/c1-4-19-7-5-6-8-23(19)31-26(34)27(35)32-29-15-20-14-21(28)10-12-24(20)36-16-25(33)30-22-11-9-17(2)18(3)13-22/h5-15H,4,16H2,1-3H3,(H,30,33)(H,31,34)(H,32,35)/b29-15-. The summed E-state index contributed by atoms with van der Waals surface area (Å²) in [6.45, 7) is 5.66. The molecule has 0 radical (unpaired) electrons. The minimum Gasteiger partial charge on any atom is -0.483 e. The summed E-state index contributed by atoms with van der Waals surface area (Å²) in [5, 5.41) is 9.60. The second kappa shape index (κ2) is 12.5. The van der Waals surface area contributed by atoms with Gasteiger partial charge in [0, 0.05) is 22.0 Å². The normalized spacial score (nSPS) is 10.7. The van der Waals surface area contributed by atoms with Crippen molar-refractivity contribution in [2.24, 2.45) is 5.10 Å². The van der Waals surface area contributed by atoms with Gasteiger partial charge in [-0.15, -0.1) is 0 Å². The van der Waals surface area contributed by atoms with Crippen LogP contribution in [-0.2, 0) is 20.8 Å². The summed E-state index contributed by atoms with van der Waals surface area (Å²) in [7, 11) is 0. The lowest BCUT2D eigenvalue weighted by Crippen LogP contribution is -2.32. The van der Waals surface area contributed by atoms with Crippen molar-refractivity contribution in [3.05, 3.63) is 87.9 Å². The molecule has 186 valence electrons. The van der Waals surface area contributed by atoms with Gasteiger partial charge >= 0.3 is 11.8 Å². The first-order chi connectivity index (χ1) is 17.3. The zero-order valence-electron chi connectivity index (χ0n) is 20.2. The first-order valence-electron chi connectivity index (χ1n) is 11.3. The van der Waals surface area contributed by atoms with Crippen LogP contribution < -0.4 is 20.8 Å². The molecule has 3 N–H and O–H groups in total. The smallest absolute Gasteiger partial charge is 0.329 e. The van der Waals surface area contributed by atoms with Crippen molar-refractivity contribution in [2.75, 3.05) is 17.2 Å². The maximum Gasteiger partial charge on any atom is 0.329 e. The number of ether oxygens (including phenoxy) is 1. The Morgan fingerprint density at radius 3 is 2.47 bits per heavy atom.